The first kappa shape index (κ1) is 16.1. The van der Waals surface area contributed by atoms with Crippen molar-refractivity contribution in [1.29, 1.82) is 0 Å². The molecule has 2 rings (SSSR count). The van der Waals surface area contributed by atoms with Gasteiger partial charge in [-0.2, -0.15) is 0 Å². The molecule has 1 fully saturated rings. The molecule has 0 radical (unpaired) electrons. The average Bonchev–Trinajstić information content (AvgIpc) is 2.46. The lowest BCUT2D eigenvalue weighted by Gasteiger charge is -2.31. The molecule has 0 unspecified atom stereocenters. The molecule has 0 spiro atoms. The normalized spacial score (nSPS) is 16.0. The van der Waals surface area contributed by atoms with E-state index in [1.807, 2.05) is 30.0 Å². The number of benzene rings is 1. The Morgan fingerprint density at radius 3 is 2.76 bits per heavy atom. The number of aryl methyl sites for hydroxylation is 1. The maximum absolute atomic E-state index is 11.3. The van der Waals surface area contributed by atoms with Gasteiger partial charge in [0.1, 0.15) is 12.4 Å². The van der Waals surface area contributed by atoms with Crippen LogP contribution >= 0.6 is 11.6 Å². The summed E-state index contributed by atoms with van der Waals surface area (Å²) in [6.45, 7) is 6.70. The first-order chi connectivity index (χ1) is 10.1. The number of para-hydroxylation sites is 1. The Morgan fingerprint density at radius 1 is 1.43 bits per heavy atom. The van der Waals surface area contributed by atoms with Crippen LogP contribution < -0.4 is 10.1 Å². The number of rotatable bonds is 5. The van der Waals surface area contributed by atoms with E-state index in [-0.39, 0.29) is 5.91 Å². The fourth-order valence-corrected chi connectivity index (χ4v) is 2.89. The summed E-state index contributed by atoms with van der Waals surface area (Å²) in [7, 11) is 0. The highest BCUT2D eigenvalue weighted by Gasteiger charge is 2.19. The lowest BCUT2D eigenvalue weighted by Crippen LogP contribution is -2.45. The van der Waals surface area contributed by atoms with Gasteiger partial charge in [0, 0.05) is 32.6 Å². The Hall–Kier alpha value is -1.26. The number of nitrogens with zero attached hydrogens (tertiary/aromatic N) is 1. The lowest BCUT2D eigenvalue weighted by atomic mass is 10.1. The molecule has 0 aromatic heterocycles. The number of likely N-dealkylation sites (tertiary alicyclic amines) is 1. The number of hydrogen-bond donors (Lipinski definition) is 1. The fourth-order valence-electron chi connectivity index (χ4n) is 2.61. The SMILES string of the molecule is CC(=O)N1CCC(NCCOc2c(C)cccc2Cl)CC1. The third-order valence-electron chi connectivity index (χ3n) is 3.89. The topological polar surface area (TPSA) is 41.6 Å². The third-order valence-corrected chi connectivity index (χ3v) is 4.18. The summed E-state index contributed by atoms with van der Waals surface area (Å²) in [5.41, 5.74) is 1.05. The van der Waals surface area contributed by atoms with Gasteiger partial charge in [-0.25, -0.2) is 0 Å². The summed E-state index contributed by atoms with van der Waals surface area (Å²) in [5, 5.41) is 4.14. The standard InChI is InChI=1S/C16H23ClN2O2/c1-12-4-3-5-15(17)16(12)21-11-8-18-14-6-9-19(10-7-14)13(2)20/h3-5,14,18H,6-11H2,1-2H3. The molecular formula is C16H23ClN2O2. The molecule has 1 aliphatic rings. The Kier molecular flexibility index (Phi) is 5.88. The maximum Gasteiger partial charge on any atom is 0.219 e. The minimum atomic E-state index is 0.172. The van der Waals surface area contributed by atoms with Gasteiger partial charge in [0.25, 0.3) is 0 Å². The van der Waals surface area contributed by atoms with Crippen LogP contribution in [0.4, 0.5) is 0 Å². The zero-order valence-corrected chi connectivity index (χ0v) is 13.4. The Labute approximate surface area is 131 Å². The fraction of sp³-hybridized carbons (Fsp3) is 0.562. The highest BCUT2D eigenvalue weighted by molar-refractivity contribution is 6.32. The molecule has 1 amide bonds. The van der Waals surface area contributed by atoms with E-state index in [1.54, 1.807) is 6.92 Å². The number of carbonyl (C=O) groups excluding carboxylic acids is 1. The van der Waals surface area contributed by atoms with Gasteiger partial charge in [-0.05, 0) is 31.4 Å². The van der Waals surface area contributed by atoms with Gasteiger partial charge in [0.05, 0.1) is 5.02 Å². The van der Waals surface area contributed by atoms with E-state index >= 15 is 0 Å². The Morgan fingerprint density at radius 2 is 2.14 bits per heavy atom. The molecule has 0 bridgehead atoms. The van der Waals surface area contributed by atoms with Crippen molar-refractivity contribution in [3.05, 3.63) is 28.8 Å². The number of ether oxygens (including phenoxy) is 1. The van der Waals surface area contributed by atoms with Crippen LogP contribution in [0.2, 0.25) is 5.02 Å². The highest BCUT2D eigenvalue weighted by atomic mass is 35.5. The summed E-state index contributed by atoms with van der Waals surface area (Å²) < 4.78 is 5.76. The second-order valence-electron chi connectivity index (χ2n) is 5.47. The minimum Gasteiger partial charge on any atom is -0.490 e. The molecule has 116 valence electrons. The van der Waals surface area contributed by atoms with E-state index < -0.39 is 0 Å². The van der Waals surface area contributed by atoms with Crippen LogP contribution in [0.5, 0.6) is 5.75 Å². The van der Waals surface area contributed by atoms with E-state index in [2.05, 4.69) is 5.32 Å². The number of halogens is 1. The molecule has 1 saturated heterocycles. The summed E-state index contributed by atoms with van der Waals surface area (Å²) >= 11 is 6.12. The number of amides is 1. The minimum absolute atomic E-state index is 0.172. The smallest absolute Gasteiger partial charge is 0.219 e. The zero-order chi connectivity index (χ0) is 15.2. The van der Waals surface area contributed by atoms with E-state index in [0.717, 1.165) is 43.8 Å². The van der Waals surface area contributed by atoms with Crippen molar-refractivity contribution in [3.63, 3.8) is 0 Å². The van der Waals surface area contributed by atoms with Gasteiger partial charge in [-0.15, -0.1) is 0 Å². The third kappa shape index (κ3) is 4.61. The maximum atomic E-state index is 11.3. The van der Waals surface area contributed by atoms with Crippen molar-refractivity contribution in [2.75, 3.05) is 26.2 Å². The molecule has 0 saturated carbocycles. The van der Waals surface area contributed by atoms with Crippen molar-refractivity contribution >= 4 is 17.5 Å². The van der Waals surface area contributed by atoms with Crippen molar-refractivity contribution < 1.29 is 9.53 Å². The van der Waals surface area contributed by atoms with Crippen molar-refractivity contribution in [2.24, 2.45) is 0 Å². The van der Waals surface area contributed by atoms with Crippen molar-refractivity contribution in [1.82, 2.24) is 10.2 Å². The van der Waals surface area contributed by atoms with Crippen LogP contribution in [0.25, 0.3) is 0 Å². The molecule has 4 nitrogen and oxygen atoms in total. The van der Waals surface area contributed by atoms with Crippen molar-refractivity contribution in [3.8, 4) is 5.75 Å². The summed E-state index contributed by atoms with van der Waals surface area (Å²) in [6.07, 6.45) is 2.01. The predicted molar refractivity (Wildman–Crippen MR) is 85.0 cm³/mol. The second kappa shape index (κ2) is 7.66. The van der Waals surface area contributed by atoms with Crippen molar-refractivity contribution in [2.45, 2.75) is 32.7 Å². The molecule has 0 aliphatic carbocycles. The summed E-state index contributed by atoms with van der Waals surface area (Å²) in [6, 6.07) is 6.23. The quantitative estimate of drug-likeness (QED) is 0.850. The summed E-state index contributed by atoms with van der Waals surface area (Å²) in [5.74, 6) is 0.943. The molecule has 1 aromatic rings. The molecule has 5 heteroatoms. The van der Waals surface area contributed by atoms with E-state index in [4.69, 9.17) is 16.3 Å². The van der Waals surface area contributed by atoms with Crippen LogP contribution in [0.15, 0.2) is 18.2 Å². The highest BCUT2D eigenvalue weighted by Crippen LogP contribution is 2.27. The molecule has 0 atom stereocenters. The van der Waals surface area contributed by atoms with Gasteiger partial charge in [0.2, 0.25) is 5.91 Å². The molecule has 1 aromatic carbocycles. The first-order valence-corrected chi connectivity index (χ1v) is 7.82. The van der Waals surface area contributed by atoms with Gasteiger partial charge in [-0.3, -0.25) is 4.79 Å². The number of piperidine rings is 1. The van der Waals surface area contributed by atoms with E-state index in [9.17, 15) is 4.79 Å². The Bertz CT molecular complexity index is 465. The van der Waals surface area contributed by atoms with Crippen LogP contribution in [0.1, 0.15) is 25.3 Å². The second-order valence-corrected chi connectivity index (χ2v) is 5.88. The number of carbonyl (C=O) groups is 1. The predicted octanol–water partition coefficient (Wildman–Crippen LogP) is 2.63. The van der Waals surface area contributed by atoms with Gasteiger partial charge in [-0.1, -0.05) is 23.7 Å². The molecule has 1 aliphatic heterocycles. The number of nitrogens with one attached hydrogen (secondary N) is 1. The van der Waals surface area contributed by atoms with Crippen LogP contribution in [-0.2, 0) is 4.79 Å². The largest absolute Gasteiger partial charge is 0.490 e. The average molecular weight is 311 g/mol. The first-order valence-electron chi connectivity index (χ1n) is 7.44. The van der Waals surface area contributed by atoms with E-state index in [1.165, 1.54) is 0 Å². The molecule has 21 heavy (non-hydrogen) atoms. The Balaban J connectivity index is 1.68. The van der Waals surface area contributed by atoms with Gasteiger partial charge < -0.3 is 15.0 Å². The molecule has 1 heterocycles. The number of hydrogen-bond acceptors (Lipinski definition) is 3. The lowest BCUT2D eigenvalue weighted by molar-refractivity contribution is -0.129. The van der Waals surface area contributed by atoms with Crippen LogP contribution in [0, 0.1) is 6.92 Å². The zero-order valence-electron chi connectivity index (χ0n) is 12.7. The van der Waals surface area contributed by atoms with Gasteiger partial charge in [0.15, 0.2) is 0 Å². The monoisotopic (exact) mass is 310 g/mol. The summed E-state index contributed by atoms with van der Waals surface area (Å²) in [4.78, 5) is 13.2. The van der Waals surface area contributed by atoms with E-state index in [0.29, 0.717) is 17.7 Å². The molecular weight excluding hydrogens is 288 g/mol. The van der Waals surface area contributed by atoms with Crippen LogP contribution in [-0.4, -0.2) is 43.1 Å². The van der Waals surface area contributed by atoms with Crippen LogP contribution in [0.3, 0.4) is 0 Å². The molecule has 1 N–H and O–H groups in total. The van der Waals surface area contributed by atoms with Gasteiger partial charge >= 0.3 is 0 Å².